The molecule has 2 N–H and O–H groups in total. The number of rotatable bonds is 5. The molecule has 0 atom stereocenters. The molecule has 2 aliphatic rings. The molecule has 3 aromatic rings. The Kier molecular flexibility index (Phi) is 5.41. The van der Waals surface area contributed by atoms with Crippen molar-refractivity contribution in [3.63, 3.8) is 0 Å². The van der Waals surface area contributed by atoms with Gasteiger partial charge in [-0.25, -0.2) is 8.78 Å². The molecule has 6 nitrogen and oxygen atoms in total. The lowest BCUT2D eigenvalue weighted by atomic mass is 9.99. The average Bonchev–Trinajstić information content (AvgIpc) is 3.17. The monoisotopic (exact) mass is 426 g/mol. The van der Waals surface area contributed by atoms with Crippen LogP contribution in [0.3, 0.4) is 0 Å². The number of carbonyl (C=O) groups is 1. The Labute approximate surface area is 178 Å². The van der Waals surface area contributed by atoms with Crippen molar-refractivity contribution in [2.24, 2.45) is 0 Å². The summed E-state index contributed by atoms with van der Waals surface area (Å²) in [6, 6.07) is 8.09. The second-order valence-corrected chi connectivity index (χ2v) is 8.32. The number of hydrogen-bond acceptors (Lipinski definition) is 4. The second-order valence-electron chi connectivity index (χ2n) is 8.32. The van der Waals surface area contributed by atoms with E-state index in [-0.39, 0.29) is 23.2 Å². The summed E-state index contributed by atoms with van der Waals surface area (Å²) in [7, 11) is 0. The molecule has 0 aliphatic carbocycles. The summed E-state index contributed by atoms with van der Waals surface area (Å²) < 4.78 is 34.3. The molecule has 2 aromatic carbocycles. The van der Waals surface area contributed by atoms with Gasteiger partial charge in [0.15, 0.2) is 17.3 Å². The molecule has 3 heterocycles. The van der Waals surface area contributed by atoms with Crippen LogP contribution in [0.25, 0.3) is 22.0 Å². The minimum atomic E-state index is -0.886. The van der Waals surface area contributed by atoms with E-state index in [4.69, 9.17) is 4.74 Å². The quantitative estimate of drug-likeness (QED) is 0.654. The van der Waals surface area contributed by atoms with Gasteiger partial charge in [0.05, 0.1) is 24.8 Å². The van der Waals surface area contributed by atoms with Crippen LogP contribution in [0.5, 0.6) is 0 Å². The molecule has 5 rings (SSSR count). The Bertz CT molecular complexity index is 1120. The van der Waals surface area contributed by atoms with Crippen molar-refractivity contribution in [3.05, 3.63) is 53.2 Å². The Morgan fingerprint density at radius 3 is 2.71 bits per heavy atom. The molecule has 162 valence electrons. The summed E-state index contributed by atoms with van der Waals surface area (Å²) in [5, 5.41) is 10.4. The first-order chi connectivity index (χ1) is 15.1. The number of halogens is 2. The van der Waals surface area contributed by atoms with Crippen molar-refractivity contribution in [2.75, 3.05) is 26.3 Å². The van der Waals surface area contributed by atoms with E-state index >= 15 is 0 Å². The molecule has 0 bridgehead atoms. The molecule has 0 unspecified atom stereocenters. The lowest BCUT2D eigenvalue weighted by molar-refractivity contribution is -0.00352. The van der Waals surface area contributed by atoms with E-state index in [2.05, 4.69) is 20.4 Å². The van der Waals surface area contributed by atoms with Crippen LogP contribution in [0.4, 0.5) is 8.78 Å². The van der Waals surface area contributed by atoms with Gasteiger partial charge in [0.2, 0.25) is 0 Å². The number of nitrogens with one attached hydrogen (secondary N) is 2. The summed E-state index contributed by atoms with van der Waals surface area (Å²) in [4.78, 5) is 14.8. The molecule has 0 saturated carbocycles. The van der Waals surface area contributed by atoms with E-state index in [0.717, 1.165) is 31.5 Å². The van der Waals surface area contributed by atoms with Gasteiger partial charge in [-0.15, -0.1) is 0 Å². The van der Waals surface area contributed by atoms with E-state index in [9.17, 15) is 13.6 Å². The molecule has 1 amide bonds. The van der Waals surface area contributed by atoms with E-state index in [1.54, 1.807) is 24.3 Å². The van der Waals surface area contributed by atoms with Gasteiger partial charge in [-0.2, -0.15) is 5.10 Å². The van der Waals surface area contributed by atoms with Gasteiger partial charge in [-0.05, 0) is 61.3 Å². The number of fused-ring (bicyclic) bond motifs is 1. The number of nitrogens with zero attached hydrogens (tertiary/aromatic N) is 2. The molecule has 2 saturated heterocycles. The van der Waals surface area contributed by atoms with Crippen molar-refractivity contribution in [1.29, 1.82) is 0 Å². The van der Waals surface area contributed by atoms with Crippen LogP contribution < -0.4 is 5.32 Å². The van der Waals surface area contributed by atoms with Crippen molar-refractivity contribution < 1.29 is 18.3 Å². The van der Waals surface area contributed by atoms with Gasteiger partial charge in [-0.3, -0.25) is 14.8 Å². The minimum Gasteiger partial charge on any atom is -0.377 e. The maximum absolute atomic E-state index is 14.8. The SMILES string of the molecule is O=C(NC1COC1)c1n[nH]c2ccc(-c3cc(CN4CCCCC4)cc(F)c3F)cc12. The molecular weight excluding hydrogens is 402 g/mol. The highest BCUT2D eigenvalue weighted by atomic mass is 19.2. The lowest BCUT2D eigenvalue weighted by Gasteiger charge is -2.26. The number of ether oxygens (including phenoxy) is 1. The molecule has 8 heteroatoms. The fourth-order valence-electron chi connectivity index (χ4n) is 4.25. The third-order valence-electron chi connectivity index (χ3n) is 6.01. The fourth-order valence-corrected chi connectivity index (χ4v) is 4.25. The number of carbonyl (C=O) groups excluding carboxylic acids is 1. The van der Waals surface area contributed by atoms with Gasteiger partial charge < -0.3 is 10.1 Å². The Morgan fingerprint density at radius 2 is 1.97 bits per heavy atom. The zero-order valence-electron chi connectivity index (χ0n) is 17.1. The molecule has 31 heavy (non-hydrogen) atoms. The maximum atomic E-state index is 14.8. The predicted molar refractivity (Wildman–Crippen MR) is 113 cm³/mol. The topological polar surface area (TPSA) is 70.2 Å². The second kappa shape index (κ2) is 8.36. The summed E-state index contributed by atoms with van der Waals surface area (Å²) >= 11 is 0. The van der Waals surface area contributed by atoms with Crippen molar-refractivity contribution in [2.45, 2.75) is 31.8 Å². The van der Waals surface area contributed by atoms with Crippen LogP contribution in [0.2, 0.25) is 0 Å². The van der Waals surface area contributed by atoms with Crippen molar-refractivity contribution >= 4 is 16.8 Å². The standard InChI is InChI=1S/C23H24F2N4O2/c24-19-9-14(11-29-6-2-1-3-7-29)8-17(21(19)25)15-4-5-20-18(10-15)22(28-27-20)23(30)26-16-12-31-13-16/h4-5,8-10,16H,1-3,6-7,11-13H2,(H,26,30)(H,27,28). The summed E-state index contributed by atoms with van der Waals surface area (Å²) in [6.45, 7) is 3.50. The van der Waals surface area contributed by atoms with Crippen LogP contribution in [-0.2, 0) is 11.3 Å². The largest absolute Gasteiger partial charge is 0.377 e. The molecular formula is C23H24F2N4O2. The van der Waals surface area contributed by atoms with Gasteiger partial charge >= 0.3 is 0 Å². The van der Waals surface area contributed by atoms with E-state index in [1.807, 2.05) is 0 Å². The molecule has 0 spiro atoms. The molecule has 0 radical (unpaired) electrons. The number of amides is 1. The van der Waals surface area contributed by atoms with Crippen LogP contribution >= 0.6 is 0 Å². The Hall–Kier alpha value is -2.84. The number of hydrogen-bond donors (Lipinski definition) is 2. The first-order valence-corrected chi connectivity index (χ1v) is 10.7. The predicted octanol–water partition coefficient (Wildman–Crippen LogP) is 3.62. The van der Waals surface area contributed by atoms with Crippen LogP contribution in [0.1, 0.15) is 35.3 Å². The average molecular weight is 426 g/mol. The highest BCUT2D eigenvalue weighted by Gasteiger charge is 2.24. The first kappa shape index (κ1) is 20.1. The minimum absolute atomic E-state index is 0.0274. The Morgan fingerprint density at radius 1 is 1.16 bits per heavy atom. The third-order valence-corrected chi connectivity index (χ3v) is 6.01. The van der Waals surface area contributed by atoms with Crippen molar-refractivity contribution in [1.82, 2.24) is 20.4 Å². The van der Waals surface area contributed by atoms with Gasteiger partial charge in [0.25, 0.3) is 5.91 Å². The third kappa shape index (κ3) is 4.05. The summed E-state index contributed by atoms with van der Waals surface area (Å²) in [6.07, 6.45) is 3.48. The lowest BCUT2D eigenvalue weighted by Crippen LogP contribution is -2.48. The summed E-state index contributed by atoms with van der Waals surface area (Å²) in [5.41, 5.74) is 2.32. The number of likely N-dealkylation sites (tertiary alicyclic amines) is 1. The maximum Gasteiger partial charge on any atom is 0.272 e. The van der Waals surface area contributed by atoms with Crippen LogP contribution in [0.15, 0.2) is 30.3 Å². The Balaban J connectivity index is 1.47. The van der Waals surface area contributed by atoms with Gasteiger partial charge in [0, 0.05) is 17.5 Å². The van der Waals surface area contributed by atoms with Crippen molar-refractivity contribution in [3.8, 4) is 11.1 Å². The zero-order chi connectivity index (χ0) is 21.4. The summed E-state index contributed by atoms with van der Waals surface area (Å²) in [5.74, 6) is -2.06. The first-order valence-electron chi connectivity index (χ1n) is 10.7. The number of piperidine rings is 1. The van der Waals surface area contributed by atoms with E-state index in [0.29, 0.717) is 36.2 Å². The number of aromatic nitrogens is 2. The van der Waals surface area contributed by atoms with Crippen LogP contribution in [0, 0.1) is 11.6 Å². The number of H-pyrrole nitrogens is 1. The highest BCUT2D eigenvalue weighted by molar-refractivity contribution is 6.05. The van der Waals surface area contributed by atoms with Gasteiger partial charge in [0.1, 0.15) is 0 Å². The fraction of sp³-hybridized carbons (Fsp3) is 0.391. The van der Waals surface area contributed by atoms with E-state index in [1.165, 1.54) is 12.5 Å². The highest BCUT2D eigenvalue weighted by Crippen LogP contribution is 2.30. The van der Waals surface area contributed by atoms with E-state index < -0.39 is 11.6 Å². The number of benzene rings is 2. The smallest absolute Gasteiger partial charge is 0.272 e. The zero-order valence-corrected chi connectivity index (χ0v) is 17.1. The number of aromatic amines is 1. The molecule has 1 aromatic heterocycles. The van der Waals surface area contributed by atoms with Crippen LogP contribution in [-0.4, -0.2) is 53.3 Å². The normalized spacial score (nSPS) is 17.6. The molecule has 2 fully saturated rings. The van der Waals surface area contributed by atoms with Gasteiger partial charge in [-0.1, -0.05) is 12.5 Å². The molecule has 2 aliphatic heterocycles.